The quantitative estimate of drug-likeness (QED) is 0.711. The molecule has 0 atom stereocenters. The average Bonchev–Trinajstić information content (AvgIpc) is 2.95. The van der Waals surface area contributed by atoms with Crippen molar-refractivity contribution in [1.82, 2.24) is 4.98 Å². The lowest BCUT2D eigenvalue weighted by Gasteiger charge is -2.11. The highest BCUT2D eigenvalue weighted by Gasteiger charge is 2.19. The fourth-order valence-electron chi connectivity index (χ4n) is 2.46. The second-order valence-corrected chi connectivity index (χ2v) is 7.54. The molecule has 7 heteroatoms. The lowest BCUT2D eigenvalue weighted by atomic mass is 10.1. The van der Waals surface area contributed by atoms with Crippen LogP contribution in [0.3, 0.4) is 0 Å². The van der Waals surface area contributed by atoms with Crippen molar-refractivity contribution in [3.05, 3.63) is 58.2 Å². The molecule has 1 aromatic heterocycles. The summed E-state index contributed by atoms with van der Waals surface area (Å²) in [5.41, 5.74) is 2.39. The smallest absolute Gasteiger partial charge is 0.263 e. The van der Waals surface area contributed by atoms with Crippen LogP contribution in [0.1, 0.15) is 11.1 Å². The first-order valence-electron chi connectivity index (χ1n) is 6.72. The van der Waals surface area contributed by atoms with Gasteiger partial charge in [-0.25, -0.2) is 8.42 Å². The standard InChI is InChI=1S/C16H12BrN3O2S/c1-10-6-7-13(16-15(10)11(8-18)9-19-16)20-23(21,22)14-5-3-2-4-12(14)17/h2-7,9,19-20H,1H3. The number of rotatable bonds is 3. The highest BCUT2D eigenvalue weighted by molar-refractivity contribution is 9.10. The lowest BCUT2D eigenvalue weighted by molar-refractivity contribution is 0.601. The fraction of sp³-hybridized carbons (Fsp3) is 0.0625. The Morgan fingerprint density at radius 2 is 1.96 bits per heavy atom. The van der Waals surface area contributed by atoms with E-state index in [2.05, 4.69) is 31.7 Å². The molecule has 0 aliphatic rings. The molecular formula is C16H12BrN3O2S. The van der Waals surface area contributed by atoms with E-state index in [1.165, 1.54) is 6.07 Å². The fourth-order valence-corrected chi connectivity index (χ4v) is 4.53. The van der Waals surface area contributed by atoms with E-state index >= 15 is 0 Å². The van der Waals surface area contributed by atoms with E-state index in [0.29, 0.717) is 21.2 Å². The number of hydrogen-bond donors (Lipinski definition) is 2. The Hall–Kier alpha value is -2.30. The van der Waals surface area contributed by atoms with Crippen molar-refractivity contribution in [2.45, 2.75) is 11.8 Å². The third kappa shape index (κ3) is 2.71. The van der Waals surface area contributed by atoms with Gasteiger partial charge in [-0.2, -0.15) is 5.26 Å². The van der Waals surface area contributed by atoms with Gasteiger partial charge < -0.3 is 4.98 Å². The number of H-pyrrole nitrogens is 1. The Bertz CT molecular complexity index is 1050. The Labute approximate surface area is 142 Å². The van der Waals surface area contributed by atoms with Crippen LogP contribution in [0.5, 0.6) is 0 Å². The zero-order valence-electron chi connectivity index (χ0n) is 12.1. The zero-order valence-corrected chi connectivity index (χ0v) is 14.5. The van der Waals surface area contributed by atoms with Crippen LogP contribution in [0.15, 0.2) is 52.0 Å². The number of aromatic amines is 1. The van der Waals surface area contributed by atoms with Crippen LogP contribution in [0.4, 0.5) is 5.69 Å². The van der Waals surface area contributed by atoms with Crippen molar-refractivity contribution in [2.75, 3.05) is 4.72 Å². The molecule has 0 aliphatic carbocycles. The number of nitrogens with zero attached hydrogens (tertiary/aromatic N) is 1. The van der Waals surface area contributed by atoms with Crippen molar-refractivity contribution < 1.29 is 8.42 Å². The first-order chi connectivity index (χ1) is 10.9. The summed E-state index contributed by atoms with van der Waals surface area (Å²) in [6.45, 7) is 1.88. The Morgan fingerprint density at radius 1 is 1.22 bits per heavy atom. The molecule has 0 amide bonds. The minimum absolute atomic E-state index is 0.154. The zero-order chi connectivity index (χ0) is 16.6. The molecule has 0 aliphatic heterocycles. The molecule has 2 aromatic carbocycles. The van der Waals surface area contributed by atoms with E-state index in [4.69, 9.17) is 0 Å². The minimum Gasteiger partial charge on any atom is -0.358 e. The van der Waals surface area contributed by atoms with Gasteiger partial charge in [0.15, 0.2) is 0 Å². The summed E-state index contributed by atoms with van der Waals surface area (Å²) >= 11 is 3.25. The molecule has 3 aromatic rings. The summed E-state index contributed by atoms with van der Waals surface area (Å²) in [5, 5.41) is 9.89. The van der Waals surface area contributed by atoms with Crippen molar-refractivity contribution in [2.24, 2.45) is 0 Å². The highest BCUT2D eigenvalue weighted by Crippen LogP contribution is 2.31. The summed E-state index contributed by atoms with van der Waals surface area (Å²) in [6, 6.07) is 12.2. The van der Waals surface area contributed by atoms with Crippen molar-refractivity contribution >= 4 is 42.5 Å². The third-order valence-corrected chi connectivity index (χ3v) is 5.91. The number of fused-ring (bicyclic) bond motifs is 1. The van der Waals surface area contributed by atoms with Crippen LogP contribution in [0.2, 0.25) is 0 Å². The monoisotopic (exact) mass is 389 g/mol. The molecule has 1 heterocycles. The largest absolute Gasteiger partial charge is 0.358 e. The Kier molecular flexibility index (Phi) is 3.88. The number of benzene rings is 2. The second-order valence-electron chi connectivity index (χ2n) is 5.03. The van der Waals surface area contributed by atoms with Crippen LogP contribution in [-0.4, -0.2) is 13.4 Å². The number of anilines is 1. The normalized spacial score (nSPS) is 11.3. The predicted octanol–water partition coefficient (Wildman–Crippen LogP) is 3.91. The van der Waals surface area contributed by atoms with E-state index in [9.17, 15) is 13.7 Å². The van der Waals surface area contributed by atoms with Gasteiger partial charge in [-0.05, 0) is 46.6 Å². The van der Waals surface area contributed by atoms with Gasteiger partial charge >= 0.3 is 0 Å². The summed E-state index contributed by atoms with van der Waals surface area (Å²) < 4.78 is 28.3. The molecule has 3 rings (SSSR count). The van der Waals surface area contributed by atoms with E-state index in [-0.39, 0.29) is 4.90 Å². The van der Waals surface area contributed by atoms with E-state index in [1.807, 2.05) is 6.92 Å². The van der Waals surface area contributed by atoms with Crippen molar-refractivity contribution in [3.8, 4) is 6.07 Å². The van der Waals surface area contributed by atoms with Crippen LogP contribution >= 0.6 is 15.9 Å². The highest BCUT2D eigenvalue weighted by atomic mass is 79.9. The van der Waals surface area contributed by atoms with E-state index in [1.54, 1.807) is 36.5 Å². The van der Waals surface area contributed by atoms with Gasteiger partial charge in [-0.15, -0.1) is 0 Å². The van der Waals surface area contributed by atoms with Crippen LogP contribution in [0, 0.1) is 18.3 Å². The number of halogens is 1. The van der Waals surface area contributed by atoms with Crippen molar-refractivity contribution in [3.63, 3.8) is 0 Å². The molecular weight excluding hydrogens is 378 g/mol. The number of nitrogens with one attached hydrogen (secondary N) is 2. The SMILES string of the molecule is Cc1ccc(NS(=O)(=O)c2ccccc2Br)c2[nH]cc(C#N)c12. The second kappa shape index (κ2) is 5.72. The van der Waals surface area contributed by atoms with Gasteiger partial charge in [0.2, 0.25) is 0 Å². The van der Waals surface area contributed by atoms with Gasteiger partial charge in [0.1, 0.15) is 11.0 Å². The topological polar surface area (TPSA) is 85.8 Å². The molecule has 23 heavy (non-hydrogen) atoms. The Morgan fingerprint density at radius 3 is 2.65 bits per heavy atom. The van der Waals surface area contributed by atoms with E-state index in [0.717, 1.165) is 10.9 Å². The average molecular weight is 390 g/mol. The summed E-state index contributed by atoms with van der Waals surface area (Å²) in [7, 11) is -3.75. The van der Waals surface area contributed by atoms with Gasteiger partial charge in [0, 0.05) is 16.1 Å². The van der Waals surface area contributed by atoms with E-state index < -0.39 is 10.0 Å². The molecule has 0 radical (unpaired) electrons. The molecule has 5 nitrogen and oxygen atoms in total. The molecule has 0 spiro atoms. The first-order valence-corrected chi connectivity index (χ1v) is 9.00. The summed E-state index contributed by atoms with van der Waals surface area (Å²) in [5.74, 6) is 0. The molecule has 116 valence electrons. The number of aryl methyl sites for hydroxylation is 1. The minimum atomic E-state index is -3.75. The molecule has 0 saturated heterocycles. The predicted molar refractivity (Wildman–Crippen MR) is 92.7 cm³/mol. The maximum atomic E-state index is 12.6. The molecule has 2 N–H and O–H groups in total. The Balaban J connectivity index is 2.13. The number of nitriles is 1. The molecule has 0 unspecified atom stereocenters. The van der Waals surface area contributed by atoms with Crippen molar-refractivity contribution in [1.29, 1.82) is 5.26 Å². The third-order valence-electron chi connectivity index (χ3n) is 3.53. The van der Waals surface area contributed by atoms with Gasteiger partial charge in [-0.1, -0.05) is 18.2 Å². The van der Waals surface area contributed by atoms with Gasteiger partial charge in [0.05, 0.1) is 16.8 Å². The molecule has 0 fully saturated rings. The van der Waals surface area contributed by atoms with Crippen LogP contribution in [-0.2, 0) is 10.0 Å². The number of aromatic nitrogens is 1. The molecule has 0 saturated carbocycles. The lowest BCUT2D eigenvalue weighted by Crippen LogP contribution is -2.13. The van der Waals surface area contributed by atoms with Gasteiger partial charge in [-0.3, -0.25) is 4.72 Å². The summed E-state index contributed by atoms with van der Waals surface area (Å²) in [4.78, 5) is 3.13. The molecule has 0 bridgehead atoms. The number of sulfonamides is 1. The summed E-state index contributed by atoms with van der Waals surface area (Å²) in [6.07, 6.45) is 1.58. The van der Waals surface area contributed by atoms with Crippen LogP contribution < -0.4 is 4.72 Å². The number of hydrogen-bond acceptors (Lipinski definition) is 3. The van der Waals surface area contributed by atoms with Gasteiger partial charge in [0.25, 0.3) is 10.0 Å². The maximum Gasteiger partial charge on any atom is 0.263 e. The van der Waals surface area contributed by atoms with Crippen LogP contribution in [0.25, 0.3) is 10.9 Å². The maximum absolute atomic E-state index is 12.6. The first kappa shape index (κ1) is 15.6.